The average molecular weight is 172 g/mol. The molecule has 0 fully saturated rings. The number of nitrogens with zero attached hydrogens (tertiary/aromatic N) is 1. The SMILES string of the molecule is C=CCNCC(C)(O)CN(C)C. The fourth-order valence-electron chi connectivity index (χ4n) is 1.18. The van der Waals surface area contributed by atoms with Gasteiger partial charge in [-0.15, -0.1) is 6.58 Å². The van der Waals surface area contributed by atoms with E-state index in [0.717, 1.165) is 6.54 Å². The Morgan fingerprint density at radius 3 is 2.58 bits per heavy atom. The molecule has 0 saturated heterocycles. The molecule has 0 bridgehead atoms. The second-order valence-electron chi connectivity index (χ2n) is 3.65. The van der Waals surface area contributed by atoms with Crippen LogP contribution in [0, 0.1) is 0 Å². The molecule has 3 nitrogen and oxygen atoms in total. The summed E-state index contributed by atoms with van der Waals surface area (Å²) < 4.78 is 0. The summed E-state index contributed by atoms with van der Waals surface area (Å²) in [6.45, 7) is 7.41. The van der Waals surface area contributed by atoms with Gasteiger partial charge in [0, 0.05) is 19.6 Å². The summed E-state index contributed by atoms with van der Waals surface area (Å²) in [6, 6.07) is 0. The van der Waals surface area contributed by atoms with E-state index in [4.69, 9.17) is 0 Å². The minimum absolute atomic E-state index is 0.594. The van der Waals surface area contributed by atoms with Gasteiger partial charge in [0.1, 0.15) is 0 Å². The lowest BCUT2D eigenvalue weighted by atomic mass is 10.1. The zero-order valence-corrected chi connectivity index (χ0v) is 8.30. The first-order valence-corrected chi connectivity index (χ1v) is 4.16. The fourth-order valence-corrected chi connectivity index (χ4v) is 1.18. The van der Waals surface area contributed by atoms with Crippen LogP contribution in [0.2, 0.25) is 0 Å². The van der Waals surface area contributed by atoms with E-state index in [2.05, 4.69) is 11.9 Å². The highest BCUT2D eigenvalue weighted by molar-refractivity contribution is 4.80. The smallest absolute Gasteiger partial charge is 0.0869 e. The zero-order valence-electron chi connectivity index (χ0n) is 8.30. The Kier molecular flexibility index (Phi) is 5.13. The zero-order chi connectivity index (χ0) is 9.61. The summed E-state index contributed by atoms with van der Waals surface area (Å²) in [7, 11) is 3.89. The van der Waals surface area contributed by atoms with E-state index in [1.54, 1.807) is 6.08 Å². The van der Waals surface area contributed by atoms with Gasteiger partial charge >= 0.3 is 0 Å². The van der Waals surface area contributed by atoms with Gasteiger partial charge in [0.15, 0.2) is 0 Å². The van der Waals surface area contributed by atoms with Crippen LogP contribution in [0.5, 0.6) is 0 Å². The highest BCUT2D eigenvalue weighted by Crippen LogP contribution is 2.01. The maximum absolute atomic E-state index is 9.77. The molecule has 0 aromatic rings. The molecule has 0 aliphatic heterocycles. The maximum atomic E-state index is 9.77. The monoisotopic (exact) mass is 172 g/mol. The molecule has 72 valence electrons. The van der Waals surface area contributed by atoms with Crippen LogP contribution < -0.4 is 5.32 Å². The Morgan fingerprint density at radius 2 is 2.17 bits per heavy atom. The van der Waals surface area contributed by atoms with Gasteiger partial charge in [-0.3, -0.25) is 0 Å². The van der Waals surface area contributed by atoms with Crippen molar-refractivity contribution in [1.82, 2.24) is 10.2 Å². The Labute approximate surface area is 75.1 Å². The maximum Gasteiger partial charge on any atom is 0.0869 e. The van der Waals surface area contributed by atoms with Crippen LogP contribution in [0.1, 0.15) is 6.92 Å². The molecule has 0 aliphatic carbocycles. The molecule has 0 aromatic carbocycles. The fraction of sp³-hybridized carbons (Fsp3) is 0.778. The number of rotatable bonds is 6. The van der Waals surface area contributed by atoms with E-state index >= 15 is 0 Å². The number of aliphatic hydroxyl groups is 1. The molecule has 0 amide bonds. The van der Waals surface area contributed by atoms with Crippen LogP contribution in [0.25, 0.3) is 0 Å². The molecule has 12 heavy (non-hydrogen) atoms. The molecule has 1 unspecified atom stereocenters. The summed E-state index contributed by atoms with van der Waals surface area (Å²) in [4.78, 5) is 1.97. The molecule has 0 spiro atoms. The largest absolute Gasteiger partial charge is 0.388 e. The van der Waals surface area contributed by atoms with Crippen molar-refractivity contribution in [3.63, 3.8) is 0 Å². The van der Waals surface area contributed by atoms with Crippen LogP contribution in [-0.4, -0.2) is 49.3 Å². The Morgan fingerprint density at radius 1 is 1.58 bits per heavy atom. The third-order valence-corrected chi connectivity index (χ3v) is 1.45. The third-order valence-electron chi connectivity index (χ3n) is 1.45. The standard InChI is InChI=1S/C9H20N2O/c1-5-6-10-7-9(2,12)8-11(3)4/h5,10,12H,1,6-8H2,2-4H3. The van der Waals surface area contributed by atoms with E-state index in [1.165, 1.54) is 0 Å². The lowest BCUT2D eigenvalue weighted by molar-refractivity contribution is 0.0347. The van der Waals surface area contributed by atoms with Gasteiger partial charge in [0.2, 0.25) is 0 Å². The first kappa shape index (κ1) is 11.6. The van der Waals surface area contributed by atoms with E-state index in [9.17, 15) is 5.11 Å². The Bertz CT molecular complexity index is 132. The number of hydrogen-bond donors (Lipinski definition) is 2. The molecule has 2 N–H and O–H groups in total. The number of hydrogen-bond acceptors (Lipinski definition) is 3. The summed E-state index contributed by atoms with van der Waals surface area (Å²) in [5.41, 5.74) is -0.660. The van der Waals surface area contributed by atoms with E-state index in [-0.39, 0.29) is 0 Å². The van der Waals surface area contributed by atoms with Crippen LogP contribution >= 0.6 is 0 Å². The van der Waals surface area contributed by atoms with Crippen LogP contribution in [0.4, 0.5) is 0 Å². The van der Waals surface area contributed by atoms with E-state index < -0.39 is 5.60 Å². The van der Waals surface area contributed by atoms with Crippen LogP contribution in [0.15, 0.2) is 12.7 Å². The molecule has 0 rings (SSSR count). The summed E-state index contributed by atoms with van der Waals surface area (Å²) in [6.07, 6.45) is 1.78. The van der Waals surface area contributed by atoms with Gasteiger partial charge in [0.25, 0.3) is 0 Å². The summed E-state index contributed by atoms with van der Waals surface area (Å²) in [5.74, 6) is 0. The van der Waals surface area contributed by atoms with Crippen molar-refractivity contribution < 1.29 is 5.11 Å². The molecule has 0 saturated carbocycles. The minimum atomic E-state index is -0.660. The lowest BCUT2D eigenvalue weighted by Crippen LogP contribution is -2.45. The van der Waals surface area contributed by atoms with E-state index in [0.29, 0.717) is 13.1 Å². The topological polar surface area (TPSA) is 35.5 Å². The second kappa shape index (κ2) is 5.30. The molecular weight excluding hydrogens is 152 g/mol. The highest BCUT2D eigenvalue weighted by Gasteiger charge is 2.19. The molecule has 0 radical (unpaired) electrons. The first-order chi connectivity index (χ1) is 5.48. The van der Waals surface area contributed by atoms with Gasteiger partial charge in [-0.05, 0) is 21.0 Å². The van der Waals surface area contributed by atoms with Crippen molar-refractivity contribution in [3.8, 4) is 0 Å². The summed E-state index contributed by atoms with van der Waals surface area (Å²) in [5, 5.41) is 12.9. The molecule has 1 atom stereocenters. The quantitative estimate of drug-likeness (QED) is 0.440. The van der Waals surface area contributed by atoms with Gasteiger partial charge in [-0.25, -0.2) is 0 Å². The van der Waals surface area contributed by atoms with Crippen molar-refractivity contribution in [3.05, 3.63) is 12.7 Å². The van der Waals surface area contributed by atoms with Crippen molar-refractivity contribution in [2.24, 2.45) is 0 Å². The lowest BCUT2D eigenvalue weighted by Gasteiger charge is -2.26. The van der Waals surface area contributed by atoms with Crippen molar-refractivity contribution >= 4 is 0 Å². The molecule has 3 heteroatoms. The van der Waals surface area contributed by atoms with Crippen LogP contribution in [-0.2, 0) is 0 Å². The van der Waals surface area contributed by atoms with Gasteiger partial charge in [-0.2, -0.15) is 0 Å². The van der Waals surface area contributed by atoms with Crippen molar-refractivity contribution in [2.75, 3.05) is 33.7 Å². The molecule has 0 heterocycles. The molecular formula is C9H20N2O. The highest BCUT2D eigenvalue weighted by atomic mass is 16.3. The van der Waals surface area contributed by atoms with Crippen molar-refractivity contribution in [2.45, 2.75) is 12.5 Å². The van der Waals surface area contributed by atoms with Gasteiger partial charge in [0.05, 0.1) is 5.60 Å². The molecule has 0 aromatic heterocycles. The van der Waals surface area contributed by atoms with Gasteiger partial charge in [-0.1, -0.05) is 6.08 Å². The number of nitrogens with one attached hydrogen (secondary N) is 1. The average Bonchev–Trinajstić information content (AvgIpc) is 1.84. The Balaban J connectivity index is 3.62. The number of likely N-dealkylation sites (N-methyl/N-ethyl adjacent to an activating group) is 1. The second-order valence-corrected chi connectivity index (χ2v) is 3.65. The predicted molar refractivity (Wildman–Crippen MR) is 52.2 cm³/mol. The van der Waals surface area contributed by atoms with Crippen molar-refractivity contribution in [1.29, 1.82) is 0 Å². The minimum Gasteiger partial charge on any atom is -0.388 e. The van der Waals surface area contributed by atoms with Gasteiger partial charge < -0.3 is 15.3 Å². The summed E-state index contributed by atoms with van der Waals surface area (Å²) >= 11 is 0. The van der Waals surface area contributed by atoms with Crippen LogP contribution in [0.3, 0.4) is 0 Å². The predicted octanol–water partition coefficient (Wildman–Crippen LogP) is 0.0746. The van der Waals surface area contributed by atoms with E-state index in [1.807, 2.05) is 25.9 Å². The Hall–Kier alpha value is -0.380. The molecule has 0 aliphatic rings. The third kappa shape index (κ3) is 6.34. The normalized spacial score (nSPS) is 16.1. The first-order valence-electron chi connectivity index (χ1n) is 4.16.